The number of carbonyl (C=O) groups is 2. The van der Waals surface area contributed by atoms with E-state index in [0.29, 0.717) is 76.0 Å². The number of nitrogens with one attached hydrogen (secondary N) is 1. The summed E-state index contributed by atoms with van der Waals surface area (Å²) in [5.41, 5.74) is -1.69. The molecule has 1 aliphatic carbocycles. The highest BCUT2D eigenvalue weighted by Crippen LogP contribution is 2.67. The van der Waals surface area contributed by atoms with Gasteiger partial charge in [0.25, 0.3) is 0 Å². The number of anilines is 1. The van der Waals surface area contributed by atoms with Crippen molar-refractivity contribution in [2.24, 2.45) is 11.3 Å². The minimum Gasteiger partial charge on any atom is -0.496 e. The Labute approximate surface area is 335 Å². The summed E-state index contributed by atoms with van der Waals surface area (Å²) in [7, 11) is 8.19. The van der Waals surface area contributed by atoms with E-state index in [4.69, 9.17) is 14.2 Å². The number of methoxy groups -OCH3 is 3. The molecule has 12 heteroatoms. The number of ether oxygens (including phenoxy) is 3. The van der Waals surface area contributed by atoms with Crippen molar-refractivity contribution in [3.05, 3.63) is 70.9 Å². The molecule has 4 N–H and O–H groups in total. The highest BCUT2D eigenvalue weighted by Gasteiger charge is 2.79. The number of para-hydroxylation sites is 1. The SMILES string of the molecule is CCC1(O)C[C@@H](C)C[C@](C(=O)OC)(c2cc3c(cc2OC)N(C)C2[C@]34CCN3CC=C[C@](CC)(C34)[C@@H](O)[C@]2(O)C(=O)OC)c2[nH]c3ccccc3c2CCN(C)C1. The van der Waals surface area contributed by atoms with E-state index >= 15 is 4.79 Å². The van der Waals surface area contributed by atoms with E-state index in [1.807, 2.05) is 69.3 Å². The van der Waals surface area contributed by atoms with Gasteiger partial charge in [0.05, 0.1) is 33.0 Å². The largest absolute Gasteiger partial charge is 0.496 e. The summed E-state index contributed by atoms with van der Waals surface area (Å²) in [5.74, 6) is -1.04. The number of aliphatic hydroxyl groups excluding tert-OH is 1. The van der Waals surface area contributed by atoms with Gasteiger partial charge in [-0.3, -0.25) is 9.69 Å². The lowest BCUT2D eigenvalue weighted by atomic mass is 9.47. The molecule has 2 aromatic carbocycles. The number of rotatable bonds is 6. The van der Waals surface area contributed by atoms with Crippen LogP contribution in [0.25, 0.3) is 10.9 Å². The lowest BCUT2D eigenvalue weighted by molar-refractivity contribution is -0.218. The average molecular weight is 785 g/mol. The maximum Gasteiger partial charge on any atom is 0.342 e. The van der Waals surface area contributed by atoms with Crippen molar-refractivity contribution in [2.45, 2.75) is 99.5 Å². The molecule has 5 heterocycles. The third kappa shape index (κ3) is 5.22. The van der Waals surface area contributed by atoms with Crippen molar-refractivity contribution >= 4 is 28.5 Å². The Morgan fingerprint density at radius 3 is 2.37 bits per heavy atom. The van der Waals surface area contributed by atoms with Crippen LogP contribution in [-0.4, -0.2) is 133 Å². The molecule has 57 heavy (non-hydrogen) atoms. The zero-order valence-corrected chi connectivity index (χ0v) is 34.7. The van der Waals surface area contributed by atoms with Crippen LogP contribution in [0.5, 0.6) is 5.75 Å². The topological polar surface area (TPSA) is 148 Å². The first-order valence-electron chi connectivity index (χ1n) is 20.6. The number of esters is 2. The number of hydrogen-bond donors (Lipinski definition) is 4. The van der Waals surface area contributed by atoms with E-state index in [9.17, 15) is 20.1 Å². The van der Waals surface area contributed by atoms with Gasteiger partial charge in [-0.2, -0.15) is 0 Å². The smallest absolute Gasteiger partial charge is 0.342 e. The molecule has 5 aliphatic rings. The molecule has 1 saturated carbocycles. The molecule has 1 saturated heterocycles. The molecule has 3 aromatic rings. The van der Waals surface area contributed by atoms with Gasteiger partial charge in [-0.15, -0.1) is 0 Å². The zero-order chi connectivity index (χ0) is 40.9. The molecular formula is C45H60N4O8. The second-order valence-corrected chi connectivity index (χ2v) is 17.9. The molecule has 12 nitrogen and oxygen atoms in total. The van der Waals surface area contributed by atoms with Crippen LogP contribution in [0.2, 0.25) is 0 Å². The molecule has 0 amide bonds. The summed E-state index contributed by atoms with van der Waals surface area (Å²) in [6.07, 6.45) is 5.58. The van der Waals surface area contributed by atoms with Gasteiger partial charge in [-0.25, -0.2) is 4.79 Å². The summed E-state index contributed by atoms with van der Waals surface area (Å²) in [6, 6.07) is 11.0. The Morgan fingerprint density at radius 2 is 1.68 bits per heavy atom. The van der Waals surface area contributed by atoms with Crippen LogP contribution in [-0.2, 0) is 36.3 Å². The normalized spacial score (nSPS) is 36.5. The second-order valence-electron chi connectivity index (χ2n) is 17.9. The van der Waals surface area contributed by atoms with E-state index in [1.165, 1.54) is 14.2 Å². The number of nitrogens with zero attached hydrogens (tertiary/aromatic N) is 3. The number of benzene rings is 2. The zero-order valence-electron chi connectivity index (χ0n) is 34.7. The lowest BCUT2D eigenvalue weighted by Crippen LogP contribution is -2.80. The van der Waals surface area contributed by atoms with Gasteiger partial charge in [0.15, 0.2) is 0 Å². The molecule has 8 rings (SSSR count). The van der Waals surface area contributed by atoms with Crippen LogP contribution < -0.4 is 9.64 Å². The molecule has 1 aromatic heterocycles. The van der Waals surface area contributed by atoms with Crippen LogP contribution in [0.4, 0.5) is 5.69 Å². The quantitative estimate of drug-likeness (QED) is 0.212. The van der Waals surface area contributed by atoms with E-state index in [-0.39, 0.29) is 12.0 Å². The predicted molar refractivity (Wildman–Crippen MR) is 218 cm³/mol. The van der Waals surface area contributed by atoms with Crippen molar-refractivity contribution in [1.29, 1.82) is 0 Å². The van der Waals surface area contributed by atoms with Crippen LogP contribution >= 0.6 is 0 Å². The monoisotopic (exact) mass is 784 g/mol. The van der Waals surface area contributed by atoms with E-state index in [2.05, 4.69) is 33.8 Å². The number of H-pyrrole nitrogens is 1. The molecule has 2 fully saturated rings. The molecule has 4 aliphatic heterocycles. The first-order chi connectivity index (χ1) is 27.2. The Bertz CT molecular complexity index is 2120. The van der Waals surface area contributed by atoms with Crippen molar-refractivity contribution in [3.8, 4) is 5.75 Å². The van der Waals surface area contributed by atoms with Crippen LogP contribution in [0.3, 0.4) is 0 Å². The van der Waals surface area contributed by atoms with Crippen LogP contribution in [0, 0.1) is 11.3 Å². The van der Waals surface area contributed by atoms with Gasteiger partial charge in [0.2, 0.25) is 5.60 Å². The van der Waals surface area contributed by atoms with Crippen LogP contribution in [0.15, 0.2) is 48.6 Å². The molecule has 9 atom stereocenters. The number of fused-ring (bicyclic) bond motifs is 4. The molecule has 0 bridgehead atoms. The number of aromatic nitrogens is 1. The molecular weight excluding hydrogens is 725 g/mol. The Hall–Kier alpha value is -3.94. The number of aromatic amines is 1. The first kappa shape index (κ1) is 39.9. The number of β-amino-alcohol motifs (C(OH)–C–C–N with tert-alkyl or cyclic N) is 1. The Kier molecular flexibility index (Phi) is 9.67. The lowest BCUT2D eigenvalue weighted by Gasteiger charge is -2.63. The minimum absolute atomic E-state index is 0.168. The Morgan fingerprint density at radius 1 is 0.947 bits per heavy atom. The molecule has 3 unspecified atom stereocenters. The standard InChI is InChI=1S/C45H60N4O8/c1-9-41(53)24-27(3)25-44(39(51)56-7,35-29(16-20-47(4)26-41)28-14-11-12-15-32(28)46-35)31-22-30-33(23-34(31)55-6)48(5)37-43(30)18-21-49-19-13-17-42(10-2,36(43)49)38(50)45(37,54)40(52)57-8/h11-15,17,22-23,27,36-38,46,50,53-54H,9-10,16,18-21,24-26H2,1-8H3/t27-,36?,37?,38-,41?,42-,43-,44+,45+/m1/s1. The minimum atomic E-state index is -2.30. The average Bonchev–Trinajstić information content (AvgIpc) is 3.86. The van der Waals surface area contributed by atoms with Crippen molar-refractivity contribution in [1.82, 2.24) is 14.8 Å². The summed E-state index contributed by atoms with van der Waals surface area (Å²) in [5, 5.41) is 38.5. The third-order valence-corrected chi connectivity index (χ3v) is 15.1. The second kappa shape index (κ2) is 13.8. The number of likely N-dealkylation sites (N-methyl/N-ethyl adjacent to an activating group) is 2. The van der Waals surface area contributed by atoms with Gasteiger partial charge in [0, 0.05) is 77.5 Å². The maximum absolute atomic E-state index is 15.3. The van der Waals surface area contributed by atoms with Crippen LogP contribution in [0.1, 0.15) is 75.3 Å². The highest BCUT2D eigenvalue weighted by molar-refractivity contribution is 5.94. The van der Waals surface area contributed by atoms with Gasteiger partial charge in [0.1, 0.15) is 17.3 Å². The van der Waals surface area contributed by atoms with Crippen molar-refractivity contribution in [3.63, 3.8) is 0 Å². The van der Waals surface area contributed by atoms with Gasteiger partial charge >= 0.3 is 11.9 Å². The fraction of sp³-hybridized carbons (Fsp3) is 0.600. The summed E-state index contributed by atoms with van der Waals surface area (Å²) < 4.78 is 17.6. The van der Waals surface area contributed by atoms with Gasteiger partial charge < -0.3 is 44.3 Å². The summed E-state index contributed by atoms with van der Waals surface area (Å²) >= 11 is 0. The number of carbonyl (C=O) groups excluding carboxylic acids is 2. The fourth-order valence-corrected chi connectivity index (χ4v) is 12.8. The van der Waals surface area contributed by atoms with E-state index < -0.39 is 51.5 Å². The van der Waals surface area contributed by atoms with Gasteiger partial charge in [-0.1, -0.05) is 51.1 Å². The van der Waals surface area contributed by atoms with Crippen molar-refractivity contribution in [2.75, 3.05) is 66.5 Å². The number of aliphatic hydroxyl groups is 3. The first-order valence-corrected chi connectivity index (χ1v) is 20.6. The predicted octanol–water partition coefficient (Wildman–Crippen LogP) is 4.06. The number of hydrogen-bond acceptors (Lipinski definition) is 11. The fourth-order valence-electron chi connectivity index (χ4n) is 12.8. The molecule has 308 valence electrons. The van der Waals surface area contributed by atoms with Gasteiger partial charge in [-0.05, 0) is 81.3 Å². The maximum atomic E-state index is 15.3. The highest BCUT2D eigenvalue weighted by atomic mass is 16.5. The molecule has 1 spiro atoms. The van der Waals surface area contributed by atoms with E-state index in [0.717, 1.165) is 33.4 Å². The third-order valence-electron chi connectivity index (χ3n) is 15.1. The molecule has 0 radical (unpaired) electrons. The summed E-state index contributed by atoms with van der Waals surface area (Å²) in [4.78, 5) is 39.6. The van der Waals surface area contributed by atoms with E-state index in [1.54, 1.807) is 7.11 Å². The van der Waals surface area contributed by atoms with Crippen molar-refractivity contribution < 1.29 is 39.1 Å². The Balaban J connectivity index is 1.47. The summed E-state index contributed by atoms with van der Waals surface area (Å²) in [6.45, 7) is 8.61.